The van der Waals surface area contributed by atoms with E-state index in [0.717, 1.165) is 5.52 Å². The Kier molecular flexibility index (Phi) is 8.24. The number of aryl methyl sites for hydroxylation is 1. The second kappa shape index (κ2) is 11.9. The fourth-order valence-electron chi connectivity index (χ4n) is 4.06. The van der Waals surface area contributed by atoms with Crippen LogP contribution in [0.25, 0.3) is 11.0 Å². The average molecular weight is 529 g/mol. The second-order valence-corrected chi connectivity index (χ2v) is 8.59. The number of hydrogen-bond acceptors (Lipinski definition) is 8. The largest absolute Gasteiger partial charge is 0.466 e. The molecule has 0 unspecified atom stereocenters. The Labute approximate surface area is 224 Å². The summed E-state index contributed by atoms with van der Waals surface area (Å²) in [4.78, 5) is 47.5. The van der Waals surface area contributed by atoms with Crippen LogP contribution in [0, 0.1) is 10.3 Å². The summed E-state index contributed by atoms with van der Waals surface area (Å²) in [6, 6.07) is 16.9. The van der Waals surface area contributed by atoms with Crippen molar-refractivity contribution < 1.29 is 14.3 Å². The van der Waals surface area contributed by atoms with Crippen molar-refractivity contribution in [2.24, 2.45) is 18.1 Å². The molecule has 0 fully saturated rings. The van der Waals surface area contributed by atoms with E-state index in [0.29, 0.717) is 34.0 Å². The van der Waals surface area contributed by atoms with Crippen molar-refractivity contribution in [3.05, 3.63) is 88.7 Å². The fraction of sp³-hybridized carbons (Fsp3) is 0.222. The predicted octanol–water partition coefficient (Wildman–Crippen LogP) is 3.54. The van der Waals surface area contributed by atoms with E-state index in [1.54, 1.807) is 73.8 Å². The fourth-order valence-corrected chi connectivity index (χ4v) is 4.06. The number of nitrogens with two attached hydrogens (primary N) is 1. The van der Waals surface area contributed by atoms with E-state index in [9.17, 15) is 14.5 Å². The highest BCUT2D eigenvalue weighted by atomic mass is 16.5. The molecule has 0 saturated carbocycles. The number of esters is 1. The monoisotopic (exact) mass is 528 g/mol. The molecule has 2 aromatic carbocycles. The molecule has 4 rings (SSSR count). The van der Waals surface area contributed by atoms with E-state index in [1.165, 1.54) is 9.91 Å². The van der Waals surface area contributed by atoms with Gasteiger partial charge in [-0.1, -0.05) is 6.07 Å². The Hall–Kier alpha value is -5.13. The van der Waals surface area contributed by atoms with Gasteiger partial charge in [0.1, 0.15) is 24.0 Å². The number of anilines is 2. The molecule has 0 radical (unpaired) electrons. The number of nitrogens with zero attached hydrogens (tertiary/aromatic N) is 6. The third-order valence-corrected chi connectivity index (χ3v) is 6.10. The number of nitroso groups, excluding NO2 is 1. The molecular formula is C27H28N8O4. The van der Waals surface area contributed by atoms with Crippen LogP contribution >= 0.6 is 0 Å². The molecule has 39 heavy (non-hydrogen) atoms. The molecule has 0 bridgehead atoms. The van der Waals surface area contributed by atoms with Crippen molar-refractivity contribution in [3.63, 3.8) is 0 Å². The summed E-state index contributed by atoms with van der Waals surface area (Å²) < 4.78 is 6.84. The minimum atomic E-state index is -0.402. The van der Waals surface area contributed by atoms with Gasteiger partial charge < -0.3 is 15.0 Å². The standard InChI is InChI=1S/C27H28N8O4/c1-3-39-25(36)13-15-34(23-6-4-5-14-30-23)27(37)19-9-12-22-21(16-19)31-24(33(22)2)17-35(32-38)20-10-7-18(8-11-20)26(28)29/h4-12,14,16H,3,13,15,17H2,1-2H3,(H3,28,29). The molecule has 2 heterocycles. The second-order valence-electron chi connectivity index (χ2n) is 8.59. The van der Waals surface area contributed by atoms with E-state index in [2.05, 4.69) is 15.3 Å². The maximum Gasteiger partial charge on any atom is 0.307 e. The van der Waals surface area contributed by atoms with Crippen LogP contribution in [0.4, 0.5) is 11.5 Å². The number of rotatable bonds is 11. The maximum atomic E-state index is 13.5. The van der Waals surface area contributed by atoms with E-state index < -0.39 is 5.97 Å². The van der Waals surface area contributed by atoms with Gasteiger partial charge >= 0.3 is 5.97 Å². The van der Waals surface area contributed by atoms with Gasteiger partial charge in [0.05, 0.1) is 35.0 Å². The van der Waals surface area contributed by atoms with Crippen molar-refractivity contribution in [2.45, 2.75) is 19.9 Å². The van der Waals surface area contributed by atoms with Crippen molar-refractivity contribution in [2.75, 3.05) is 23.1 Å². The van der Waals surface area contributed by atoms with Crippen molar-refractivity contribution in [3.8, 4) is 0 Å². The van der Waals surface area contributed by atoms with Crippen LogP contribution < -0.4 is 15.6 Å². The zero-order valence-electron chi connectivity index (χ0n) is 21.6. The Morgan fingerprint density at radius 1 is 1.10 bits per heavy atom. The average Bonchev–Trinajstić information content (AvgIpc) is 3.26. The molecule has 0 saturated heterocycles. The normalized spacial score (nSPS) is 10.7. The summed E-state index contributed by atoms with van der Waals surface area (Å²) in [6.45, 7) is 2.17. The number of amides is 1. The lowest BCUT2D eigenvalue weighted by Gasteiger charge is -2.21. The molecule has 0 aliphatic rings. The van der Waals surface area contributed by atoms with Crippen LogP contribution in [-0.4, -0.2) is 45.4 Å². The van der Waals surface area contributed by atoms with Crippen LogP contribution in [0.5, 0.6) is 0 Å². The number of carbonyl (C=O) groups is 2. The molecule has 12 nitrogen and oxygen atoms in total. The molecule has 0 atom stereocenters. The predicted molar refractivity (Wildman–Crippen MR) is 147 cm³/mol. The quantitative estimate of drug-likeness (QED) is 0.0983. The van der Waals surface area contributed by atoms with Gasteiger partial charge in [-0.2, -0.15) is 0 Å². The van der Waals surface area contributed by atoms with Crippen molar-refractivity contribution in [1.82, 2.24) is 14.5 Å². The number of carbonyl (C=O) groups excluding carboxylic acids is 2. The first-order valence-electron chi connectivity index (χ1n) is 12.2. The van der Waals surface area contributed by atoms with Crippen LogP contribution in [0.3, 0.4) is 0 Å². The van der Waals surface area contributed by atoms with Gasteiger partial charge in [0.25, 0.3) is 5.91 Å². The van der Waals surface area contributed by atoms with Gasteiger partial charge in [0.2, 0.25) is 0 Å². The molecule has 1 amide bonds. The van der Waals surface area contributed by atoms with Gasteiger partial charge in [0.15, 0.2) is 0 Å². The Morgan fingerprint density at radius 2 is 1.85 bits per heavy atom. The summed E-state index contributed by atoms with van der Waals surface area (Å²) in [6.07, 6.45) is 1.60. The van der Waals surface area contributed by atoms with Crippen molar-refractivity contribution >= 4 is 40.3 Å². The molecule has 4 aromatic rings. The minimum absolute atomic E-state index is 0.0219. The Bertz CT molecular complexity index is 1500. The van der Waals surface area contributed by atoms with E-state index in [-0.39, 0.29) is 37.9 Å². The molecule has 0 aliphatic carbocycles. The first kappa shape index (κ1) is 26.9. The Balaban J connectivity index is 1.60. The molecule has 200 valence electrons. The highest BCUT2D eigenvalue weighted by molar-refractivity contribution is 6.07. The molecule has 2 aromatic heterocycles. The van der Waals surface area contributed by atoms with Gasteiger partial charge in [-0.15, -0.1) is 4.91 Å². The zero-order chi connectivity index (χ0) is 27.9. The van der Waals surface area contributed by atoms with Gasteiger partial charge in [0, 0.05) is 30.9 Å². The first-order valence-corrected chi connectivity index (χ1v) is 12.2. The van der Waals surface area contributed by atoms with Crippen molar-refractivity contribution in [1.29, 1.82) is 5.41 Å². The summed E-state index contributed by atoms with van der Waals surface area (Å²) in [5.41, 5.74) is 8.24. The minimum Gasteiger partial charge on any atom is -0.466 e. The number of fused-ring (bicyclic) bond motifs is 1. The lowest BCUT2D eigenvalue weighted by atomic mass is 10.1. The van der Waals surface area contributed by atoms with Gasteiger partial charge in [-0.3, -0.25) is 19.9 Å². The third kappa shape index (κ3) is 6.06. The number of amidine groups is 1. The Morgan fingerprint density at radius 3 is 2.49 bits per heavy atom. The number of aromatic nitrogens is 3. The number of imidazole rings is 1. The van der Waals surface area contributed by atoms with Crippen LogP contribution in [0.1, 0.15) is 35.1 Å². The lowest BCUT2D eigenvalue weighted by molar-refractivity contribution is -0.142. The molecule has 0 spiro atoms. The molecule has 3 N–H and O–H groups in total. The lowest BCUT2D eigenvalue weighted by Crippen LogP contribution is -2.34. The molecular weight excluding hydrogens is 500 g/mol. The number of nitrogen functional groups attached to an aromatic ring is 1. The molecule has 12 heteroatoms. The van der Waals surface area contributed by atoms with E-state index in [1.807, 2.05) is 11.6 Å². The summed E-state index contributed by atoms with van der Waals surface area (Å²) in [7, 11) is 1.81. The van der Waals surface area contributed by atoms with Gasteiger partial charge in [-0.25, -0.2) is 15.0 Å². The smallest absolute Gasteiger partial charge is 0.307 e. The highest BCUT2D eigenvalue weighted by Gasteiger charge is 2.22. The van der Waals surface area contributed by atoms with E-state index in [4.69, 9.17) is 15.9 Å². The number of ether oxygens (including phenoxy) is 1. The third-order valence-electron chi connectivity index (χ3n) is 6.10. The molecule has 0 aliphatic heterocycles. The number of benzene rings is 2. The maximum absolute atomic E-state index is 13.5. The summed E-state index contributed by atoms with van der Waals surface area (Å²) in [5, 5.41) is 11.9. The van der Waals surface area contributed by atoms with Gasteiger partial charge in [-0.05, 0) is 61.5 Å². The van der Waals surface area contributed by atoms with E-state index >= 15 is 0 Å². The number of pyridine rings is 1. The number of hydrogen-bond donors (Lipinski definition) is 2. The topological polar surface area (TPSA) is 160 Å². The zero-order valence-corrected chi connectivity index (χ0v) is 21.6. The van der Waals surface area contributed by atoms with Crippen LogP contribution in [-0.2, 0) is 23.1 Å². The summed E-state index contributed by atoms with van der Waals surface area (Å²) in [5.74, 6) is 0.148. The first-order chi connectivity index (χ1) is 18.8. The SMILES string of the molecule is CCOC(=O)CCN(C(=O)c1ccc2c(c1)nc(CN(N=O)c1ccc(C(=N)N)cc1)n2C)c1ccccn1. The summed E-state index contributed by atoms with van der Waals surface area (Å²) >= 11 is 0. The van der Waals surface area contributed by atoms with Crippen LogP contribution in [0.15, 0.2) is 72.1 Å². The number of nitrogens with one attached hydrogen (secondary N) is 1. The highest BCUT2D eigenvalue weighted by Crippen LogP contribution is 2.23. The van der Waals surface area contributed by atoms with Crippen LogP contribution in [0.2, 0.25) is 0 Å².